The Morgan fingerprint density at radius 1 is 1.00 bits per heavy atom. The summed E-state index contributed by atoms with van der Waals surface area (Å²) in [6, 6.07) is 22.6. The number of nitrogens with one attached hydrogen (secondary N) is 1. The summed E-state index contributed by atoms with van der Waals surface area (Å²) in [4.78, 5) is 28.4. The van der Waals surface area contributed by atoms with Gasteiger partial charge in [0.1, 0.15) is 12.4 Å². The van der Waals surface area contributed by atoms with Gasteiger partial charge in [-0.15, -0.1) is 0 Å². The zero-order valence-electron chi connectivity index (χ0n) is 18.2. The predicted molar refractivity (Wildman–Crippen MR) is 120 cm³/mol. The van der Waals surface area contributed by atoms with E-state index in [-0.39, 0.29) is 47.3 Å². The van der Waals surface area contributed by atoms with E-state index in [2.05, 4.69) is 10.3 Å². The molecule has 0 fully saturated rings. The van der Waals surface area contributed by atoms with Gasteiger partial charge >= 0.3 is 35.5 Å². The van der Waals surface area contributed by atoms with Gasteiger partial charge in [-0.2, -0.15) is 0 Å². The van der Waals surface area contributed by atoms with E-state index >= 15 is 0 Å². The van der Waals surface area contributed by atoms with Crippen molar-refractivity contribution >= 4 is 40.1 Å². The molecule has 6 nitrogen and oxygen atoms in total. The molecule has 0 saturated carbocycles. The fourth-order valence-corrected chi connectivity index (χ4v) is 3.22. The SMILES string of the molecule is O=C(Nc1ccc(Cl)cc1C(=O)O)c1ccc(OCc2ccc3ccccc3n2)cc1.[H-].[Na+]. The molecule has 4 aromatic rings. The molecule has 0 aliphatic rings. The summed E-state index contributed by atoms with van der Waals surface area (Å²) in [6.45, 7) is 0.295. The molecule has 0 saturated heterocycles. The monoisotopic (exact) mass is 456 g/mol. The first kappa shape index (κ1) is 23.8. The molecule has 0 bridgehead atoms. The van der Waals surface area contributed by atoms with Gasteiger partial charge in [0.25, 0.3) is 5.91 Å². The molecular weight excluding hydrogens is 439 g/mol. The van der Waals surface area contributed by atoms with Crippen LogP contribution in [0.2, 0.25) is 5.02 Å². The minimum atomic E-state index is -1.18. The van der Waals surface area contributed by atoms with E-state index in [9.17, 15) is 14.7 Å². The van der Waals surface area contributed by atoms with E-state index in [1.165, 1.54) is 18.2 Å². The van der Waals surface area contributed by atoms with Crippen LogP contribution in [0, 0.1) is 0 Å². The van der Waals surface area contributed by atoms with Gasteiger partial charge in [0.15, 0.2) is 0 Å². The zero-order valence-corrected chi connectivity index (χ0v) is 20.0. The van der Waals surface area contributed by atoms with Gasteiger partial charge in [-0.1, -0.05) is 35.9 Å². The molecule has 0 radical (unpaired) electrons. The van der Waals surface area contributed by atoms with Crippen LogP contribution in [-0.4, -0.2) is 22.0 Å². The van der Waals surface area contributed by atoms with E-state index in [0.717, 1.165) is 16.6 Å². The summed E-state index contributed by atoms with van der Waals surface area (Å²) in [5.41, 5.74) is 2.15. The number of pyridine rings is 1. The van der Waals surface area contributed by atoms with Crippen LogP contribution in [0.5, 0.6) is 5.75 Å². The summed E-state index contributed by atoms with van der Waals surface area (Å²) in [7, 11) is 0. The number of anilines is 1. The van der Waals surface area contributed by atoms with Crippen LogP contribution in [0.25, 0.3) is 10.9 Å². The molecule has 0 atom stereocenters. The quantitative estimate of drug-likeness (QED) is 0.435. The summed E-state index contributed by atoms with van der Waals surface area (Å²) in [5.74, 6) is -1.03. The van der Waals surface area contributed by atoms with E-state index in [1.807, 2.05) is 36.4 Å². The normalized spacial score (nSPS) is 10.3. The molecule has 1 heterocycles. The predicted octanol–water partition coefficient (Wildman–Crippen LogP) is 2.53. The van der Waals surface area contributed by atoms with Crippen LogP contribution >= 0.6 is 11.6 Å². The Balaban J connectivity index is 0.00000193. The van der Waals surface area contributed by atoms with Crippen molar-refractivity contribution in [2.75, 3.05) is 5.32 Å². The van der Waals surface area contributed by atoms with Gasteiger partial charge in [0.05, 0.1) is 22.5 Å². The minimum absolute atomic E-state index is 0. The molecule has 1 amide bonds. The smallest absolute Gasteiger partial charge is 1.00 e. The molecule has 156 valence electrons. The molecule has 2 N–H and O–H groups in total. The van der Waals surface area contributed by atoms with E-state index in [4.69, 9.17) is 16.3 Å². The van der Waals surface area contributed by atoms with Crippen LogP contribution in [0.3, 0.4) is 0 Å². The van der Waals surface area contributed by atoms with Crippen LogP contribution in [0.1, 0.15) is 27.8 Å². The van der Waals surface area contributed by atoms with Crippen LogP contribution in [-0.2, 0) is 6.61 Å². The fraction of sp³-hybridized carbons (Fsp3) is 0.0417. The topological polar surface area (TPSA) is 88.5 Å². The molecule has 32 heavy (non-hydrogen) atoms. The van der Waals surface area contributed by atoms with Crippen LogP contribution in [0.15, 0.2) is 78.9 Å². The van der Waals surface area contributed by atoms with Crippen molar-refractivity contribution in [3.05, 3.63) is 101 Å². The molecule has 3 aromatic carbocycles. The number of rotatable bonds is 6. The Labute approximate surface area is 213 Å². The van der Waals surface area contributed by atoms with E-state index < -0.39 is 11.9 Å². The third kappa shape index (κ3) is 5.66. The number of carboxylic acids is 1. The average molecular weight is 457 g/mol. The number of nitrogens with zero attached hydrogens (tertiary/aromatic N) is 1. The van der Waals surface area contributed by atoms with Crippen molar-refractivity contribution < 1.29 is 50.4 Å². The molecule has 0 aliphatic heterocycles. The summed E-state index contributed by atoms with van der Waals surface area (Å²) in [5, 5.41) is 13.2. The van der Waals surface area contributed by atoms with Gasteiger partial charge in [-0.3, -0.25) is 4.79 Å². The number of hydrogen-bond acceptors (Lipinski definition) is 4. The largest absolute Gasteiger partial charge is 1.00 e. The van der Waals surface area contributed by atoms with Gasteiger partial charge in [0.2, 0.25) is 0 Å². The summed E-state index contributed by atoms with van der Waals surface area (Å²) < 4.78 is 5.77. The maximum atomic E-state index is 12.5. The van der Waals surface area contributed by atoms with Crippen molar-refractivity contribution in [1.82, 2.24) is 4.98 Å². The number of fused-ring (bicyclic) bond motifs is 1. The van der Waals surface area contributed by atoms with Gasteiger partial charge in [0, 0.05) is 16.0 Å². The number of aromatic nitrogens is 1. The first-order valence-corrected chi connectivity index (χ1v) is 9.79. The number of hydrogen-bond donors (Lipinski definition) is 2. The zero-order chi connectivity index (χ0) is 21.8. The number of carboxylic acid groups (broad SMARTS) is 1. The maximum Gasteiger partial charge on any atom is 1.00 e. The first-order valence-electron chi connectivity index (χ1n) is 9.41. The Morgan fingerprint density at radius 2 is 1.75 bits per heavy atom. The molecule has 0 spiro atoms. The number of para-hydroxylation sites is 1. The van der Waals surface area contributed by atoms with E-state index in [1.54, 1.807) is 24.3 Å². The third-order valence-corrected chi connectivity index (χ3v) is 4.85. The maximum absolute atomic E-state index is 12.5. The Bertz CT molecular complexity index is 1290. The second-order valence-corrected chi connectivity index (χ2v) is 7.19. The summed E-state index contributed by atoms with van der Waals surface area (Å²) in [6.07, 6.45) is 0. The van der Waals surface area contributed by atoms with Gasteiger partial charge < -0.3 is 16.6 Å². The summed E-state index contributed by atoms with van der Waals surface area (Å²) >= 11 is 5.84. The van der Waals surface area contributed by atoms with Crippen molar-refractivity contribution in [1.29, 1.82) is 0 Å². The Morgan fingerprint density at radius 3 is 2.50 bits per heavy atom. The number of halogens is 1. The van der Waals surface area contributed by atoms with Crippen LogP contribution < -0.4 is 39.6 Å². The molecule has 1 aromatic heterocycles. The average Bonchev–Trinajstić information content (AvgIpc) is 2.79. The first-order chi connectivity index (χ1) is 15.0. The second-order valence-electron chi connectivity index (χ2n) is 6.76. The molecular formula is C24H18ClN2NaO4. The number of carbonyl (C=O) groups is 2. The Kier molecular flexibility index (Phi) is 7.88. The fourth-order valence-electron chi connectivity index (χ4n) is 3.05. The number of amides is 1. The second kappa shape index (κ2) is 10.6. The molecule has 4 rings (SSSR count). The van der Waals surface area contributed by atoms with Crippen molar-refractivity contribution in [2.24, 2.45) is 0 Å². The Hall–Kier alpha value is -2.90. The van der Waals surface area contributed by atoms with Crippen molar-refractivity contribution in [2.45, 2.75) is 6.61 Å². The minimum Gasteiger partial charge on any atom is -1.00 e. The molecule has 0 unspecified atom stereocenters. The third-order valence-electron chi connectivity index (χ3n) is 4.62. The van der Waals surface area contributed by atoms with E-state index in [0.29, 0.717) is 17.9 Å². The van der Waals surface area contributed by atoms with Gasteiger partial charge in [-0.25, -0.2) is 9.78 Å². The number of aromatic carboxylic acids is 1. The number of benzene rings is 3. The standard InChI is InChI=1S/C24H17ClN2O4.Na.H/c25-17-8-12-22(20(13-17)24(29)30)27-23(28)16-6-10-19(11-7-16)31-14-18-9-5-15-3-1-2-4-21(15)26-18;;/h1-13H,14H2,(H,27,28)(H,29,30);;/q;+1;-1. The number of ether oxygens (including phenoxy) is 1. The van der Waals surface area contributed by atoms with Crippen molar-refractivity contribution in [3.63, 3.8) is 0 Å². The number of carbonyl (C=O) groups excluding carboxylic acids is 1. The van der Waals surface area contributed by atoms with Gasteiger partial charge in [-0.05, 0) is 54.6 Å². The molecule has 0 aliphatic carbocycles. The van der Waals surface area contributed by atoms with Crippen molar-refractivity contribution in [3.8, 4) is 5.75 Å². The molecule has 8 heteroatoms. The van der Waals surface area contributed by atoms with Crippen LogP contribution in [0.4, 0.5) is 5.69 Å².